The second-order valence-corrected chi connectivity index (χ2v) is 6.48. The van der Waals surface area contributed by atoms with E-state index in [1.807, 2.05) is 18.2 Å². The van der Waals surface area contributed by atoms with E-state index in [1.165, 1.54) is 11.1 Å². The van der Waals surface area contributed by atoms with Crippen LogP contribution in [0, 0.1) is 0 Å². The highest BCUT2D eigenvalue weighted by Gasteiger charge is 2.34. The fourth-order valence-corrected chi connectivity index (χ4v) is 3.89. The second-order valence-electron chi connectivity index (χ2n) is 6.48. The van der Waals surface area contributed by atoms with Crippen LogP contribution in [-0.4, -0.2) is 47.5 Å². The molecule has 0 fully saturated rings. The number of aromatic hydroxyl groups is 2. The first-order valence-electron chi connectivity index (χ1n) is 8.57. The van der Waals surface area contributed by atoms with Crippen LogP contribution in [0.5, 0.6) is 17.2 Å². The van der Waals surface area contributed by atoms with Gasteiger partial charge in [-0.05, 0) is 67.3 Å². The van der Waals surface area contributed by atoms with Gasteiger partial charge in [0.15, 0.2) is 11.5 Å². The topological polar surface area (TPSA) is 73.2 Å². The third-order valence-corrected chi connectivity index (χ3v) is 4.98. The second kappa shape index (κ2) is 6.94. The number of rotatable bonds is 1. The summed E-state index contributed by atoms with van der Waals surface area (Å²) in [5.74, 6) is 0.894. The van der Waals surface area contributed by atoms with Crippen molar-refractivity contribution >= 4 is 0 Å². The Labute approximate surface area is 148 Å². The Morgan fingerprint density at radius 3 is 2.60 bits per heavy atom. The maximum Gasteiger partial charge on any atom is 0.165 e. The van der Waals surface area contributed by atoms with Crippen molar-refractivity contribution in [1.82, 2.24) is 4.90 Å². The van der Waals surface area contributed by atoms with Crippen molar-refractivity contribution in [3.8, 4) is 28.4 Å². The molecule has 3 N–H and O–H groups in total. The molecule has 25 heavy (non-hydrogen) atoms. The summed E-state index contributed by atoms with van der Waals surface area (Å²) in [6, 6.07) is 7.76. The van der Waals surface area contributed by atoms with Gasteiger partial charge < -0.3 is 20.1 Å². The number of aliphatic hydroxyl groups is 1. The Kier molecular flexibility index (Phi) is 4.88. The normalized spacial score (nSPS) is 17.8. The van der Waals surface area contributed by atoms with E-state index in [4.69, 9.17) is 9.84 Å². The predicted octanol–water partition coefficient (Wildman–Crippen LogP) is 2.86. The van der Waals surface area contributed by atoms with Gasteiger partial charge in [-0.25, -0.2) is 0 Å². The number of hydrogen-bond donors (Lipinski definition) is 3. The molecular formula is C20H25NO4. The largest absolute Gasteiger partial charge is 0.508 e. The van der Waals surface area contributed by atoms with E-state index in [0.717, 1.165) is 36.1 Å². The predicted molar refractivity (Wildman–Crippen MR) is 97.3 cm³/mol. The maximum atomic E-state index is 10.6. The molecule has 2 aromatic carbocycles. The summed E-state index contributed by atoms with van der Waals surface area (Å²) < 4.78 is 5.25. The molecule has 1 aliphatic carbocycles. The van der Waals surface area contributed by atoms with Crippen LogP contribution in [0.15, 0.2) is 24.3 Å². The molecule has 134 valence electrons. The standard InChI is InChI=1S/C18H19NO3.C2H6O/c1-19-6-5-11-7-12(20)9-13-16(11)14(19)8-10-3-4-15(22-2)18(21)17(10)13;1-2-3/h3-4,7,9,14,20-21H,5-6,8H2,1-2H3;3H,2H2,1H3. The number of benzene rings is 2. The van der Waals surface area contributed by atoms with E-state index in [0.29, 0.717) is 11.8 Å². The van der Waals surface area contributed by atoms with Crippen LogP contribution in [0.2, 0.25) is 0 Å². The van der Waals surface area contributed by atoms with Crippen LogP contribution in [0.3, 0.4) is 0 Å². The van der Waals surface area contributed by atoms with Crippen LogP contribution < -0.4 is 4.74 Å². The third kappa shape index (κ3) is 2.94. The average molecular weight is 343 g/mol. The summed E-state index contributed by atoms with van der Waals surface area (Å²) in [6.07, 6.45) is 1.79. The van der Waals surface area contributed by atoms with Gasteiger partial charge in [0.1, 0.15) is 5.75 Å². The first kappa shape index (κ1) is 17.6. The summed E-state index contributed by atoms with van der Waals surface area (Å²) in [7, 11) is 3.69. The Hall–Kier alpha value is -2.24. The van der Waals surface area contributed by atoms with Crippen molar-refractivity contribution < 1.29 is 20.1 Å². The number of hydrogen-bond acceptors (Lipinski definition) is 5. The maximum absolute atomic E-state index is 10.6. The van der Waals surface area contributed by atoms with E-state index in [-0.39, 0.29) is 18.1 Å². The fourth-order valence-electron chi connectivity index (χ4n) is 3.89. The number of phenols is 2. The molecule has 2 aromatic rings. The molecule has 1 heterocycles. The van der Waals surface area contributed by atoms with Crippen LogP contribution >= 0.6 is 0 Å². The number of likely N-dealkylation sites (N-methyl/N-ethyl adjacent to an activating group) is 1. The van der Waals surface area contributed by atoms with E-state index in [2.05, 4.69) is 11.9 Å². The SMILES string of the molecule is CCO.COc1ccc2c(c1O)-c1cc(O)cc3c1C(C2)N(C)CC3. The lowest BCUT2D eigenvalue weighted by Gasteiger charge is -2.40. The summed E-state index contributed by atoms with van der Waals surface area (Å²) >= 11 is 0. The van der Waals surface area contributed by atoms with E-state index in [9.17, 15) is 10.2 Å². The first-order valence-corrected chi connectivity index (χ1v) is 8.57. The molecule has 0 radical (unpaired) electrons. The minimum absolute atomic E-state index is 0.166. The molecule has 2 aliphatic rings. The minimum atomic E-state index is 0.166. The van der Waals surface area contributed by atoms with Gasteiger partial charge in [0, 0.05) is 24.8 Å². The van der Waals surface area contributed by atoms with Gasteiger partial charge in [0.2, 0.25) is 0 Å². The van der Waals surface area contributed by atoms with Crippen LogP contribution in [0.4, 0.5) is 0 Å². The van der Waals surface area contributed by atoms with Crippen molar-refractivity contribution in [2.75, 3.05) is 27.3 Å². The van der Waals surface area contributed by atoms with E-state index >= 15 is 0 Å². The van der Waals surface area contributed by atoms with Crippen molar-refractivity contribution in [2.45, 2.75) is 25.8 Å². The first-order chi connectivity index (χ1) is 12.0. The molecule has 0 spiro atoms. The molecule has 5 nitrogen and oxygen atoms in total. The fraction of sp³-hybridized carbons (Fsp3) is 0.400. The Morgan fingerprint density at radius 1 is 1.20 bits per heavy atom. The van der Waals surface area contributed by atoms with Gasteiger partial charge in [-0.1, -0.05) is 6.07 Å². The quantitative estimate of drug-likeness (QED) is 0.742. The Bertz CT molecular complexity index is 788. The van der Waals surface area contributed by atoms with Gasteiger partial charge in [0.05, 0.1) is 7.11 Å². The molecule has 0 saturated carbocycles. The Balaban J connectivity index is 0.000000569. The highest BCUT2D eigenvalue weighted by molar-refractivity contribution is 5.83. The van der Waals surface area contributed by atoms with Crippen LogP contribution in [-0.2, 0) is 12.8 Å². The Morgan fingerprint density at radius 2 is 1.92 bits per heavy atom. The van der Waals surface area contributed by atoms with Gasteiger partial charge in [-0.3, -0.25) is 4.90 Å². The summed E-state index contributed by atoms with van der Waals surface area (Å²) in [6.45, 7) is 2.91. The lowest BCUT2D eigenvalue weighted by atomic mass is 9.76. The highest BCUT2D eigenvalue weighted by Crippen LogP contribution is 2.51. The minimum Gasteiger partial charge on any atom is -0.508 e. The van der Waals surface area contributed by atoms with Crippen molar-refractivity contribution in [3.05, 3.63) is 41.0 Å². The smallest absolute Gasteiger partial charge is 0.165 e. The van der Waals surface area contributed by atoms with Gasteiger partial charge >= 0.3 is 0 Å². The molecule has 0 bridgehead atoms. The number of ether oxygens (including phenoxy) is 1. The lowest BCUT2D eigenvalue weighted by Crippen LogP contribution is -2.35. The molecule has 1 atom stereocenters. The number of aliphatic hydroxyl groups excluding tert-OH is 1. The lowest BCUT2D eigenvalue weighted by molar-refractivity contribution is 0.227. The highest BCUT2D eigenvalue weighted by atomic mass is 16.5. The van der Waals surface area contributed by atoms with Crippen molar-refractivity contribution in [2.24, 2.45) is 0 Å². The number of fused-ring (bicyclic) bond motifs is 2. The molecule has 4 rings (SSSR count). The summed E-state index contributed by atoms with van der Waals surface area (Å²) in [5, 5.41) is 28.2. The van der Waals surface area contributed by atoms with Gasteiger partial charge in [0.25, 0.3) is 0 Å². The molecule has 5 heteroatoms. The zero-order valence-corrected chi connectivity index (χ0v) is 14.9. The monoisotopic (exact) mass is 343 g/mol. The third-order valence-electron chi connectivity index (χ3n) is 4.98. The van der Waals surface area contributed by atoms with E-state index < -0.39 is 0 Å². The van der Waals surface area contributed by atoms with Crippen LogP contribution in [0.25, 0.3) is 11.1 Å². The van der Waals surface area contributed by atoms with Crippen molar-refractivity contribution in [3.63, 3.8) is 0 Å². The van der Waals surface area contributed by atoms with E-state index in [1.54, 1.807) is 20.1 Å². The molecule has 1 aliphatic heterocycles. The number of phenolic OH excluding ortho intramolecular Hbond substituents is 2. The molecular weight excluding hydrogens is 318 g/mol. The van der Waals surface area contributed by atoms with Gasteiger partial charge in [-0.2, -0.15) is 0 Å². The number of nitrogens with zero attached hydrogens (tertiary/aromatic N) is 1. The van der Waals surface area contributed by atoms with Crippen LogP contribution in [0.1, 0.15) is 29.7 Å². The zero-order chi connectivity index (χ0) is 18.1. The summed E-state index contributed by atoms with van der Waals surface area (Å²) in [4.78, 5) is 2.35. The molecule has 0 saturated heterocycles. The zero-order valence-electron chi connectivity index (χ0n) is 14.9. The van der Waals surface area contributed by atoms with Crippen molar-refractivity contribution in [1.29, 1.82) is 0 Å². The average Bonchev–Trinajstić information content (AvgIpc) is 2.58. The molecule has 1 unspecified atom stereocenters. The molecule has 0 aromatic heterocycles. The molecule has 0 amide bonds. The summed E-state index contributed by atoms with van der Waals surface area (Å²) in [5.41, 5.74) is 5.26. The number of methoxy groups -OCH3 is 1. The van der Waals surface area contributed by atoms with Gasteiger partial charge in [-0.15, -0.1) is 0 Å².